The normalized spacial score (nSPS) is 18.9. The molecule has 0 amide bonds. The van der Waals surface area contributed by atoms with E-state index in [2.05, 4.69) is 39.9 Å². The number of hydrogen-bond acceptors (Lipinski definition) is 4. The van der Waals surface area contributed by atoms with Crippen molar-refractivity contribution in [3.8, 4) is 5.75 Å². The van der Waals surface area contributed by atoms with Gasteiger partial charge in [-0.25, -0.2) is 4.99 Å². The molecule has 0 aliphatic heterocycles. The van der Waals surface area contributed by atoms with E-state index in [9.17, 15) is 0 Å². The van der Waals surface area contributed by atoms with Gasteiger partial charge in [0.25, 0.3) is 0 Å². The summed E-state index contributed by atoms with van der Waals surface area (Å²) in [6, 6.07) is 8.72. The molecule has 2 aromatic rings. The molecule has 7 nitrogen and oxygen atoms in total. The molecule has 1 fully saturated rings. The number of halogens is 1. The van der Waals surface area contributed by atoms with Crippen LogP contribution < -0.4 is 15.4 Å². The lowest BCUT2D eigenvalue weighted by Crippen LogP contribution is -2.46. The topological polar surface area (TPSA) is 76.4 Å². The molecule has 2 N–H and O–H groups in total. The largest absolute Gasteiger partial charge is 0.497 e. The summed E-state index contributed by atoms with van der Waals surface area (Å²) in [5.74, 6) is 4.35. The van der Waals surface area contributed by atoms with Gasteiger partial charge in [-0.3, -0.25) is 0 Å². The second-order valence-electron chi connectivity index (χ2n) is 8.19. The van der Waals surface area contributed by atoms with Gasteiger partial charge in [0, 0.05) is 19.6 Å². The molecular formula is C23H37IN6O. The Morgan fingerprint density at radius 1 is 1.23 bits per heavy atom. The SMILES string of the molecule is CCC1CCCC(NC(=NCc2nnc(C)n2C)NCCc2ccc(OC)cc2)C1.I. The van der Waals surface area contributed by atoms with Crippen LogP contribution in [0.3, 0.4) is 0 Å². The number of rotatable bonds is 8. The molecule has 0 radical (unpaired) electrons. The smallest absolute Gasteiger partial charge is 0.191 e. The predicted molar refractivity (Wildman–Crippen MR) is 136 cm³/mol. The Balaban J connectivity index is 0.00000341. The summed E-state index contributed by atoms with van der Waals surface area (Å²) in [4.78, 5) is 4.82. The molecule has 31 heavy (non-hydrogen) atoms. The lowest BCUT2D eigenvalue weighted by molar-refractivity contribution is 0.298. The van der Waals surface area contributed by atoms with Crippen molar-refractivity contribution >= 4 is 29.9 Å². The Labute approximate surface area is 203 Å². The maximum atomic E-state index is 5.24. The first kappa shape index (κ1) is 25.4. The molecule has 2 unspecified atom stereocenters. The zero-order valence-electron chi connectivity index (χ0n) is 19.2. The first-order valence-electron chi connectivity index (χ1n) is 11.1. The quantitative estimate of drug-likeness (QED) is 0.301. The lowest BCUT2D eigenvalue weighted by Gasteiger charge is -2.30. The molecule has 1 aromatic heterocycles. The van der Waals surface area contributed by atoms with E-state index in [-0.39, 0.29) is 24.0 Å². The molecule has 8 heteroatoms. The zero-order chi connectivity index (χ0) is 21.3. The van der Waals surface area contributed by atoms with E-state index in [0.717, 1.165) is 42.2 Å². The Morgan fingerprint density at radius 3 is 2.65 bits per heavy atom. The van der Waals surface area contributed by atoms with E-state index < -0.39 is 0 Å². The lowest BCUT2D eigenvalue weighted by atomic mass is 9.84. The van der Waals surface area contributed by atoms with Crippen LogP contribution >= 0.6 is 24.0 Å². The molecule has 1 aromatic carbocycles. The van der Waals surface area contributed by atoms with E-state index in [4.69, 9.17) is 9.73 Å². The van der Waals surface area contributed by atoms with Gasteiger partial charge in [0.2, 0.25) is 0 Å². The van der Waals surface area contributed by atoms with Crippen LogP contribution in [0.2, 0.25) is 0 Å². The molecule has 0 spiro atoms. The van der Waals surface area contributed by atoms with Gasteiger partial charge < -0.3 is 19.9 Å². The minimum atomic E-state index is 0. The summed E-state index contributed by atoms with van der Waals surface area (Å²) >= 11 is 0. The predicted octanol–water partition coefficient (Wildman–Crippen LogP) is 4.00. The summed E-state index contributed by atoms with van der Waals surface area (Å²) < 4.78 is 7.23. The number of nitrogens with zero attached hydrogens (tertiary/aromatic N) is 4. The summed E-state index contributed by atoms with van der Waals surface area (Å²) in [5.41, 5.74) is 1.27. The molecule has 1 saturated carbocycles. The number of aromatic nitrogens is 3. The number of benzene rings is 1. The third-order valence-electron chi connectivity index (χ3n) is 6.13. The monoisotopic (exact) mass is 540 g/mol. The van der Waals surface area contributed by atoms with Gasteiger partial charge in [-0.15, -0.1) is 34.2 Å². The number of aliphatic imine (C=N–C) groups is 1. The summed E-state index contributed by atoms with van der Waals surface area (Å²) in [6.07, 6.45) is 7.25. The van der Waals surface area contributed by atoms with Crippen molar-refractivity contribution in [1.82, 2.24) is 25.4 Å². The summed E-state index contributed by atoms with van der Waals surface area (Å²) in [5, 5.41) is 15.6. The van der Waals surface area contributed by atoms with E-state index in [1.54, 1.807) is 7.11 Å². The number of aryl methyl sites for hydroxylation is 1. The molecule has 2 atom stereocenters. The van der Waals surface area contributed by atoms with Gasteiger partial charge in [-0.05, 0) is 49.8 Å². The number of ether oxygens (including phenoxy) is 1. The zero-order valence-corrected chi connectivity index (χ0v) is 21.6. The van der Waals surface area contributed by atoms with E-state index in [0.29, 0.717) is 12.6 Å². The van der Waals surface area contributed by atoms with Crippen molar-refractivity contribution in [2.75, 3.05) is 13.7 Å². The number of guanidine groups is 1. The highest BCUT2D eigenvalue weighted by Crippen LogP contribution is 2.26. The summed E-state index contributed by atoms with van der Waals surface area (Å²) in [6.45, 7) is 5.59. The maximum absolute atomic E-state index is 5.24. The fourth-order valence-electron chi connectivity index (χ4n) is 3.99. The average molecular weight is 540 g/mol. The van der Waals surface area contributed by atoms with Gasteiger partial charge in [-0.2, -0.15) is 0 Å². The van der Waals surface area contributed by atoms with Crippen LogP contribution in [0.4, 0.5) is 0 Å². The van der Waals surface area contributed by atoms with Crippen LogP contribution in [-0.4, -0.2) is 40.4 Å². The fourth-order valence-corrected chi connectivity index (χ4v) is 3.99. The first-order chi connectivity index (χ1) is 14.6. The van der Waals surface area contributed by atoms with E-state index in [1.165, 1.54) is 37.7 Å². The second-order valence-corrected chi connectivity index (χ2v) is 8.19. The highest BCUT2D eigenvalue weighted by molar-refractivity contribution is 14.0. The highest BCUT2D eigenvalue weighted by atomic mass is 127. The van der Waals surface area contributed by atoms with Crippen LogP contribution in [-0.2, 0) is 20.0 Å². The Hall–Kier alpha value is -1.84. The third-order valence-corrected chi connectivity index (χ3v) is 6.13. The van der Waals surface area contributed by atoms with Crippen LogP contribution in [0, 0.1) is 12.8 Å². The van der Waals surface area contributed by atoms with Crippen molar-refractivity contribution in [3.63, 3.8) is 0 Å². The van der Waals surface area contributed by atoms with Crippen molar-refractivity contribution in [3.05, 3.63) is 41.5 Å². The molecular weight excluding hydrogens is 503 g/mol. The minimum Gasteiger partial charge on any atom is -0.497 e. The summed E-state index contributed by atoms with van der Waals surface area (Å²) in [7, 11) is 3.68. The standard InChI is InChI=1S/C23H36N6O.HI/c1-5-18-7-6-8-20(15-18)26-23(25-16-22-28-27-17(2)29(22)3)24-14-13-19-9-11-21(30-4)12-10-19;/h9-12,18,20H,5-8,13-16H2,1-4H3,(H2,24,25,26);1H. The molecule has 0 bridgehead atoms. The van der Waals surface area contributed by atoms with Crippen molar-refractivity contribution in [1.29, 1.82) is 0 Å². The van der Waals surface area contributed by atoms with Gasteiger partial charge in [0.15, 0.2) is 11.8 Å². The van der Waals surface area contributed by atoms with Gasteiger partial charge in [-0.1, -0.05) is 38.3 Å². The van der Waals surface area contributed by atoms with Crippen molar-refractivity contribution < 1.29 is 4.74 Å². The van der Waals surface area contributed by atoms with E-state index in [1.807, 2.05) is 30.7 Å². The average Bonchev–Trinajstić information content (AvgIpc) is 3.10. The number of hydrogen-bond donors (Lipinski definition) is 2. The van der Waals surface area contributed by atoms with Crippen molar-refractivity contribution in [2.24, 2.45) is 18.0 Å². The molecule has 1 aliphatic rings. The number of methoxy groups -OCH3 is 1. The van der Waals surface area contributed by atoms with Crippen LogP contribution in [0.1, 0.15) is 56.2 Å². The van der Waals surface area contributed by atoms with Crippen LogP contribution in [0.5, 0.6) is 5.75 Å². The van der Waals surface area contributed by atoms with Gasteiger partial charge in [0.05, 0.1) is 7.11 Å². The molecule has 1 heterocycles. The molecule has 3 rings (SSSR count). The van der Waals surface area contributed by atoms with Crippen LogP contribution in [0.15, 0.2) is 29.3 Å². The van der Waals surface area contributed by atoms with Gasteiger partial charge >= 0.3 is 0 Å². The fraction of sp³-hybridized carbons (Fsp3) is 0.609. The highest BCUT2D eigenvalue weighted by Gasteiger charge is 2.21. The van der Waals surface area contributed by atoms with E-state index >= 15 is 0 Å². The third kappa shape index (κ3) is 7.66. The number of nitrogens with one attached hydrogen (secondary N) is 2. The minimum absolute atomic E-state index is 0. The second kappa shape index (κ2) is 12.9. The molecule has 172 valence electrons. The Bertz CT molecular complexity index is 820. The Morgan fingerprint density at radius 2 is 2.00 bits per heavy atom. The Kier molecular flexibility index (Phi) is 10.6. The van der Waals surface area contributed by atoms with Gasteiger partial charge in [0.1, 0.15) is 18.1 Å². The van der Waals surface area contributed by atoms with Crippen molar-refractivity contribution in [2.45, 2.75) is 65.0 Å². The molecule has 0 saturated heterocycles. The molecule has 1 aliphatic carbocycles. The first-order valence-corrected chi connectivity index (χ1v) is 11.1. The maximum Gasteiger partial charge on any atom is 0.191 e. The van der Waals surface area contributed by atoms with Crippen LogP contribution in [0.25, 0.3) is 0 Å².